The molecule has 1 rings (SSSR count). The fourth-order valence-electron chi connectivity index (χ4n) is 9.51. The summed E-state index contributed by atoms with van der Waals surface area (Å²) in [5, 5.41) is 57.0. The molecule has 1 amide bonds. The first-order valence-electron chi connectivity index (χ1n) is 32.7. The smallest absolute Gasteiger partial charge is 0.306 e. The maximum Gasteiger partial charge on any atom is 0.306 e. The second-order valence-electron chi connectivity index (χ2n) is 22.1. The molecule has 81 heavy (non-hydrogen) atoms. The number of esters is 1. The molecule has 1 fully saturated rings. The lowest BCUT2D eigenvalue weighted by Crippen LogP contribution is -2.61. The van der Waals surface area contributed by atoms with E-state index in [1.54, 1.807) is 6.08 Å². The van der Waals surface area contributed by atoms with Gasteiger partial charge < -0.3 is 45.1 Å². The van der Waals surface area contributed by atoms with Crippen molar-refractivity contribution in [2.75, 3.05) is 13.2 Å². The second-order valence-corrected chi connectivity index (χ2v) is 22.1. The third-order valence-electron chi connectivity index (χ3n) is 14.7. The van der Waals surface area contributed by atoms with Gasteiger partial charge in [-0.2, -0.15) is 0 Å². The normalized spacial score (nSPS) is 19.4. The summed E-state index contributed by atoms with van der Waals surface area (Å²) in [5.41, 5.74) is 0. The van der Waals surface area contributed by atoms with Crippen LogP contribution in [-0.4, -0.2) is 99.6 Å². The fraction of sp³-hybridized carbons (Fsp3) is 0.714. The number of carbonyl (C=O) groups is 2. The van der Waals surface area contributed by atoms with Gasteiger partial charge in [-0.3, -0.25) is 9.59 Å². The molecule has 8 atom stereocenters. The molecule has 8 unspecified atom stereocenters. The molecule has 1 heterocycles. The molecule has 464 valence electrons. The maximum absolute atomic E-state index is 13.4. The highest BCUT2D eigenvalue weighted by Crippen LogP contribution is 2.26. The summed E-state index contributed by atoms with van der Waals surface area (Å²) in [6, 6.07) is -1.04. The van der Waals surface area contributed by atoms with Crippen molar-refractivity contribution < 1.29 is 49.3 Å². The molecule has 0 aromatic heterocycles. The summed E-state index contributed by atoms with van der Waals surface area (Å²) < 4.78 is 17.6. The molecule has 11 nitrogen and oxygen atoms in total. The van der Waals surface area contributed by atoms with Crippen molar-refractivity contribution in [1.29, 1.82) is 0 Å². The number of aliphatic hydroxyl groups excluding tert-OH is 5. The Hall–Kier alpha value is -3.68. The predicted octanol–water partition coefficient (Wildman–Crippen LogP) is 16.1. The van der Waals surface area contributed by atoms with Gasteiger partial charge in [-0.15, -0.1) is 0 Å². The van der Waals surface area contributed by atoms with Crippen LogP contribution in [0.4, 0.5) is 0 Å². The van der Waals surface area contributed by atoms with Gasteiger partial charge in [0.1, 0.15) is 24.4 Å². The summed E-state index contributed by atoms with van der Waals surface area (Å²) >= 11 is 0. The number of hydrogen-bond acceptors (Lipinski definition) is 10. The highest BCUT2D eigenvalue weighted by molar-refractivity contribution is 5.80. The standard InChI is InChI=1S/C70H119NO10/c1-4-7-10-13-16-19-22-24-26-28-30-31-32-33-34-36-38-40-43-46-49-52-55-58-65(75)81-68-67(77)66(76)64(59-72)80-70(68)79-60-61(62(73)56-53-50-47-44-41-21-18-15-12-9-6-3)71-69(78)63(74)57-54-51-48-45-42-39-37-35-29-27-25-23-20-17-14-11-8-5-2/h7,10,16-17,19-20,24-27,30-31,33-34,38,40,53,56,61-64,66-68,70,72-74,76-77H,4-6,8-9,11-15,18,21-23,28-29,32,35-37,39,41-52,54-55,57-60H2,1-3H3,(H,71,78)/b10-7-,19-16-,20-17-,26-24-,27-25-,31-30-,34-33-,40-38-,56-53+. The number of hydrogen-bond donors (Lipinski definition) is 6. The van der Waals surface area contributed by atoms with Crippen LogP contribution in [0.5, 0.6) is 0 Å². The van der Waals surface area contributed by atoms with Crippen LogP contribution in [0, 0.1) is 0 Å². The van der Waals surface area contributed by atoms with Crippen molar-refractivity contribution in [1.82, 2.24) is 5.32 Å². The molecule has 0 radical (unpaired) electrons. The molecule has 1 aliphatic heterocycles. The van der Waals surface area contributed by atoms with Crippen LogP contribution in [0.1, 0.15) is 258 Å². The van der Waals surface area contributed by atoms with Gasteiger partial charge in [0.15, 0.2) is 12.4 Å². The third-order valence-corrected chi connectivity index (χ3v) is 14.7. The largest absolute Gasteiger partial charge is 0.454 e. The summed E-state index contributed by atoms with van der Waals surface area (Å²) in [4.78, 5) is 26.6. The minimum Gasteiger partial charge on any atom is -0.454 e. The van der Waals surface area contributed by atoms with Crippen molar-refractivity contribution in [3.05, 3.63) is 109 Å². The molecular weight excluding hydrogens is 1010 g/mol. The predicted molar refractivity (Wildman–Crippen MR) is 338 cm³/mol. The third kappa shape index (κ3) is 44.5. The lowest BCUT2D eigenvalue weighted by molar-refractivity contribution is -0.305. The van der Waals surface area contributed by atoms with E-state index in [0.29, 0.717) is 12.8 Å². The van der Waals surface area contributed by atoms with Crippen LogP contribution in [0.3, 0.4) is 0 Å². The molecule has 0 bridgehead atoms. The van der Waals surface area contributed by atoms with Crippen LogP contribution in [-0.2, 0) is 23.8 Å². The number of unbranched alkanes of at least 4 members (excludes halogenated alkanes) is 24. The fourth-order valence-corrected chi connectivity index (χ4v) is 9.51. The second kappa shape index (κ2) is 56.8. The van der Waals surface area contributed by atoms with Crippen LogP contribution in [0.25, 0.3) is 0 Å². The van der Waals surface area contributed by atoms with E-state index in [1.165, 1.54) is 89.9 Å². The van der Waals surface area contributed by atoms with Crippen LogP contribution in [0.2, 0.25) is 0 Å². The Balaban J connectivity index is 2.65. The molecule has 1 aliphatic rings. The van der Waals surface area contributed by atoms with Gasteiger partial charge in [0, 0.05) is 6.42 Å². The highest BCUT2D eigenvalue weighted by atomic mass is 16.7. The van der Waals surface area contributed by atoms with Crippen LogP contribution < -0.4 is 5.32 Å². The van der Waals surface area contributed by atoms with Crippen LogP contribution in [0.15, 0.2) is 109 Å². The van der Waals surface area contributed by atoms with E-state index in [-0.39, 0.29) is 19.4 Å². The van der Waals surface area contributed by atoms with Gasteiger partial charge in [-0.25, -0.2) is 0 Å². The molecule has 0 aliphatic carbocycles. The molecule has 0 spiro atoms. The van der Waals surface area contributed by atoms with Crippen molar-refractivity contribution in [2.24, 2.45) is 0 Å². The van der Waals surface area contributed by atoms with Gasteiger partial charge in [-0.1, -0.05) is 252 Å². The van der Waals surface area contributed by atoms with Gasteiger partial charge in [0.2, 0.25) is 5.91 Å². The molecular formula is C70H119NO10. The topological polar surface area (TPSA) is 175 Å². The Kier molecular flexibility index (Phi) is 52.8. The molecule has 0 saturated carbocycles. The summed E-state index contributed by atoms with van der Waals surface area (Å²) in [6.07, 6.45) is 66.9. The van der Waals surface area contributed by atoms with Crippen molar-refractivity contribution in [3.8, 4) is 0 Å². The number of aliphatic hydroxyl groups is 5. The summed E-state index contributed by atoms with van der Waals surface area (Å²) in [6.45, 7) is 5.63. The molecule has 6 N–H and O–H groups in total. The zero-order chi connectivity index (χ0) is 58.9. The lowest BCUT2D eigenvalue weighted by atomic mass is 9.99. The van der Waals surface area contributed by atoms with Crippen molar-refractivity contribution in [2.45, 2.75) is 307 Å². The van der Waals surface area contributed by atoms with E-state index < -0.39 is 67.4 Å². The van der Waals surface area contributed by atoms with Gasteiger partial charge in [-0.05, 0) is 109 Å². The first-order valence-corrected chi connectivity index (χ1v) is 32.7. The molecule has 1 saturated heterocycles. The lowest BCUT2D eigenvalue weighted by Gasteiger charge is -2.41. The number of rotatable bonds is 54. The first-order chi connectivity index (χ1) is 39.7. The van der Waals surface area contributed by atoms with E-state index >= 15 is 0 Å². The Morgan fingerprint density at radius 1 is 0.494 bits per heavy atom. The van der Waals surface area contributed by atoms with Gasteiger partial charge >= 0.3 is 5.97 Å². The van der Waals surface area contributed by atoms with E-state index in [2.05, 4.69) is 123 Å². The Morgan fingerprint density at radius 2 is 0.889 bits per heavy atom. The van der Waals surface area contributed by atoms with Crippen molar-refractivity contribution >= 4 is 11.9 Å². The average Bonchev–Trinajstić information content (AvgIpc) is 3.50. The van der Waals surface area contributed by atoms with E-state index in [0.717, 1.165) is 122 Å². The monoisotopic (exact) mass is 1130 g/mol. The number of allylic oxidation sites excluding steroid dienone is 17. The van der Waals surface area contributed by atoms with E-state index in [9.17, 15) is 35.1 Å². The Bertz CT molecular complexity index is 1730. The number of amides is 1. The van der Waals surface area contributed by atoms with Gasteiger partial charge in [0.25, 0.3) is 0 Å². The van der Waals surface area contributed by atoms with Crippen LogP contribution >= 0.6 is 0 Å². The quantitative estimate of drug-likeness (QED) is 0.0195. The zero-order valence-corrected chi connectivity index (χ0v) is 51.4. The van der Waals surface area contributed by atoms with Crippen molar-refractivity contribution in [3.63, 3.8) is 0 Å². The number of carbonyl (C=O) groups excluding carboxylic acids is 2. The van der Waals surface area contributed by atoms with Gasteiger partial charge in [0.05, 0.1) is 25.4 Å². The van der Waals surface area contributed by atoms with E-state index in [4.69, 9.17) is 14.2 Å². The minimum absolute atomic E-state index is 0.0876. The number of ether oxygens (including phenoxy) is 3. The maximum atomic E-state index is 13.4. The summed E-state index contributed by atoms with van der Waals surface area (Å²) in [5.74, 6) is -1.23. The molecule has 0 aromatic rings. The summed E-state index contributed by atoms with van der Waals surface area (Å²) in [7, 11) is 0. The molecule has 0 aromatic carbocycles. The highest BCUT2D eigenvalue weighted by Gasteiger charge is 2.47. The first kappa shape index (κ1) is 75.3. The Labute approximate surface area is 494 Å². The Morgan fingerprint density at radius 3 is 1.36 bits per heavy atom. The SMILES string of the molecule is CC/C=C\C/C=C\C/C=C\C/C=C\C/C=C\C/C=C\CCCCCCC(=O)OC1C(OCC(NC(=O)C(O)CCCCCCCCCC/C=C\C/C=C\CCCCC)C(O)/C=C/CCCCCCCCCCC)OC(CO)C(O)C1O. The van der Waals surface area contributed by atoms with E-state index in [1.807, 2.05) is 6.08 Å². The molecule has 11 heteroatoms. The average molecular weight is 1130 g/mol. The minimum atomic E-state index is -1.63. The zero-order valence-electron chi connectivity index (χ0n) is 51.4. The number of nitrogens with one attached hydrogen (secondary N) is 1.